The highest BCUT2D eigenvalue weighted by atomic mass is 32.2. The molecule has 0 aliphatic carbocycles. The molecule has 28 heavy (non-hydrogen) atoms. The Balaban J connectivity index is 1.43. The van der Waals surface area contributed by atoms with Crippen LogP contribution in [0.5, 0.6) is 0 Å². The van der Waals surface area contributed by atoms with Gasteiger partial charge in [-0.05, 0) is 56.5 Å². The highest BCUT2D eigenvalue weighted by Gasteiger charge is 2.06. The van der Waals surface area contributed by atoms with E-state index < -0.39 is 0 Å². The average molecular weight is 398 g/mol. The summed E-state index contributed by atoms with van der Waals surface area (Å²) >= 11 is 1.63. The molecule has 1 aromatic carbocycles. The van der Waals surface area contributed by atoms with Crippen molar-refractivity contribution in [2.45, 2.75) is 18.7 Å². The summed E-state index contributed by atoms with van der Waals surface area (Å²) in [5, 5.41) is 21.5. The van der Waals surface area contributed by atoms with Gasteiger partial charge in [-0.3, -0.25) is 0 Å². The number of nitrogens with zero attached hydrogens (tertiary/aromatic N) is 4. The van der Waals surface area contributed by atoms with Gasteiger partial charge in [0.15, 0.2) is 5.82 Å². The van der Waals surface area contributed by atoms with E-state index in [4.69, 9.17) is 0 Å². The molecule has 0 atom stereocenters. The zero-order valence-electron chi connectivity index (χ0n) is 16.1. The lowest BCUT2D eigenvalue weighted by Gasteiger charge is -2.09. The summed E-state index contributed by atoms with van der Waals surface area (Å²) in [6.07, 6.45) is 2.00. The number of aromatic nitrogens is 4. The zero-order valence-corrected chi connectivity index (χ0v) is 16.9. The first-order valence-electron chi connectivity index (χ1n) is 8.85. The van der Waals surface area contributed by atoms with E-state index in [1.54, 1.807) is 16.4 Å². The van der Waals surface area contributed by atoms with E-state index in [2.05, 4.69) is 31.2 Å². The van der Waals surface area contributed by atoms with Gasteiger partial charge in [0.05, 0.1) is 5.69 Å². The van der Waals surface area contributed by atoms with E-state index in [0.717, 1.165) is 22.0 Å². The van der Waals surface area contributed by atoms with E-state index in [0.29, 0.717) is 24.7 Å². The molecule has 2 aromatic heterocycles. The van der Waals surface area contributed by atoms with Crippen molar-refractivity contribution in [3.63, 3.8) is 0 Å². The van der Waals surface area contributed by atoms with Crippen LogP contribution in [0, 0.1) is 13.8 Å². The van der Waals surface area contributed by atoms with E-state index in [9.17, 15) is 4.79 Å². The maximum Gasteiger partial charge on any atom is 0.319 e. The highest BCUT2D eigenvalue weighted by molar-refractivity contribution is 7.98. The Bertz CT molecular complexity index is 940. The third kappa shape index (κ3) is 5.23. The van der Waals surface area contributed by atoms with Crippen LogP contribution >= 0.6 is 11.8 Å². The van der Waals surface area contributed by atoms with Crippen molar-refractivity contribution in [1.29, 1.82) is 0 Å². The van der Waals surface area contributed by atoms with Crippen LogP contribution < -0.4 is 16.0 Å². The minimum atomic E-state index is -0.244. The summed E-state index contributed by atoms with van der Waals surface area (Å²) < 4.78 is 1.75. The molecule has 3 N–H and O–H groups in total. The monoisotopic (exact) mass is 397 g/mol. The Morgan fingerprint density at radius 3 is 2.64 bits per heavy atom. The maximum absolute atomic E-state index is 12.0. The molecule has 0 aliphatic heterocycles. The lowest BCUT2D eigenvalue weighted by molar-refractivity contribution is 0.252. The van der Waals surface area contributed by atoms with Gasteiger partial charge >= 0.3 is 6.03 Å². The Kier molecular flexibility index (Phi) is 6.49. The van der Waals surface area contributed by atoms with Gasteiger partial charge in [-0.15, -0.1) is 22.0 Å². The van der Waals surface area contributed by atoms with Crippen molar-refractivity contribution in [2.24, 2.45) is 0 Å². The smallest absolute Gasteiger partial charge is 0.319 e. The summed E-state index contributed by atoms with van der Waals surface area (Å²) in [5.41, 5.74) is 2.71. The number of carbonyl (C=O) groups excluding carboxylic acids is 1. The third-order valence-corrected chi connectivity index (χ3v) is 4.65. The number of rotatable bonds is 7. The lowest BCUT2D eigenvalue weighted by atomic mass is 10.3. The van der Waals surface area contributed by atoms with E-state index in [1.807, 2.05) is 62.6 Å². The van der Waals surface area contributed by atoms with Crippen molar-refractivity contribution < 1.29 is 4.79 Å². The maximum atomic E-state index is 12.0. The number of urea groups is 1. The molecule has 0 unspecified atom stereocenters. The second kappa shape index (κ2) is 9.23. The van der Waals surface area contributed by atoms with Gasteiger partial charge in [-0.2, -0.15) is 5.10 Å². The Labute approximate surface area is 168 Å². The fourth-order valence-corrected chi connectivity index (χ4v) is 3.10. The number of hydrogen-bond donors (Lipinski definition) is 3. The van der Waals surface area contributed by atoms with Crippen LogP contribution in [0.25, 0.3) is 5.82 Å². The van der Waals surface area contributed by atoms with E-state index in [1.165, 1.54) is 0 Å². The van der Waals surface area contributed by atoms with Crippen LogP contribution in [0.4, 0.5) is 16.3 Å². The third-order valence-electron chi connectivity index (χ3n) is 3.92. The molecule has 8 nitrogen and oxygen atoms in total. The summed E-state index contributed by atoms with van der Waals surface area (Å²) in [6.45, 7) is 4.90. The predicted octanol–water partition coefficient (Wildman–Crippen LogP) is 3.23. The molecule has 0 saturated heterocycles. The molecule has 3 rings (SSSR count). The predicted molar refractivity (Wildman–Crippen MR) is 112 cm³/mol. The van der Waals surface area contributed by atoms with Crippen LogP contribution in [-0.2, 0) is 0 Å². The van der Waals surface area contributed by atoms with Crippen molar-refractivity contribution in [3.05, 3.63) is 53.9 Å². The molecule has 0 spiro atoms. The Morgan fingerprint density at radius 2 is 1.96 bits per heavy atom. The molecule has 3 aromatic rings. The fraction of sp³-hybridized carbons (Fsp3) is 0.263. The Hall–Kier alpha value is -3.07. The molecule has 9 heteroatoms. The van der Waals surface area contributed by atoms with Crippen LogP contribution in [0.3, 0.4) is 0 Å². The first-order valence-corrected chi connectivity index (χ1v) is 10.1. The molecule has 0 fully saturated rings. The standard InChI is InChI=1S/C19H23N7OS/c1-13-11-14(2)26(25-13)18-8-7-17(23-24-18)20-9-10-21-19(27)22-15-5-4-6-16(12-15)28-3/h4-8,11-12H,9-10H2,1-3H3,(H,20,23)(H2,21,22,27). The SMILES string of the molecule is CSc1cccc(NC(=O)NCCNc2ccc(-n3nc(C)cc3C)nn2)c1. The molecular weight excluding hydrogens is 374 g/mol. The number of anilines is 2. The topological polar surface area (TPSA) is 96.8 Å². The number of carbonyl (C=O) groups is 1. The van der Waals surface area contributed by atoms with Crippen LogP contribution in [0.15, 0.2) is 47.4 Å². The minimum Gasteiger partial charge on any atom is -0.367 e. The number of thioether (sulfide) groups is 1. The number of aryl methyl sites for hydroxylation is 2. The lowest BCUT2D eigenvalue weighted by Crippen LogP contribution is -2.32. The quantitative estimate of drug-likeness (QED) is 0.418. The van der Waals surface area contributed by atoms with E-state index in [-0.39, 0.29) is 6.03 Å². The van der Waals surface area contributed by atoms with Gasteiger partial charge in [0.1, 0.15) is 5.82 Å². The van der Waals surface area contributed by atoms with E-state index >= 15 is 0 Å². The molecule has 0 bridgehead atoms. The molecular formula is C19H23N7OS. The highest BCUT2D eigenvalue weighted by Crippen LogP contribution is 2.18. The van der Waals surface area contributed by atoms with Crippen molar-refractivity contribution >= 4 is 29.3 Å². The molecule has 0 aliphatic rings. The van der Waals surface area contributed by atoms with Crippen molar-refractivity contribution in [3.8, 4) is 5.82 Å². The normalized spacial score (nSPS) is 10.5. The number of amides is 2. The number of benzene rings is 1. The largest absolute Gasteiger partial charge is 0.367 e. The summed E-state index contributed by atoms with van der Waals surface area (Å²) in [5.74, 6) is 1.31. The van der Waals surface area contributed by atoms with Gasteiger partial charge in [-0.1, -0.05) is 6.07 Å². The number of hydrogen-bond acceptors (Lipinski definition) is 6. The van der Waals surface area contributed by atoms with Crippen LogP contribution in [-0.4, -0.2) is 45.4 Å². The fourth-order valence-electron chi connectivity index (χ4n) is 2.64. The summed E-state index contributed by atoms with van der Waals surface area (Å²) in [6, 6.07) is 13.1. The summed E-state index contributed by atoms with van der Waals surface area (Å²) in [7, 11) is 0. The molecule has 2 heterocycles. The van der Waals surface area contributed by atoms with Gasteiger partial charge in [0.25, 0.3) is 0 Å². The number of nitrogens with one attached hydrogen (secondary N) is 3. The molecule has 2 amide bonds. The van der Waals surface area contributed by atoms with Gasteiger partial charge in [0.2, 0.25) is 0 Å². The molecule has 146 valence electrons. The van der Waals surface area contributed by atoms with Crippen molar-refractivity contribution in [2.75, 3.05) is 30.0 Å². The minimum absolute atomic E-state index is 0.244. The van der Waals surface area contributed by atoms with Gasteiger partial charge < -0.3 is 16.0 Å². The van der Waals surface area contributed by atoms with Crippen LogP contribution in [0.1, 0.15) is 11.4 Å². The zero-order chi connectivity index (χ0) is 19.9. The van der Waals surface area contributed by atoms with Gasteiger partial charge in [-0.25, -0.2) is 9.48 Å². The summed E-state index contributed by atoms with van der Waals surface area (Å²) in [4.78, 5) is 13.1. The van der Waals surface area contributed by atoms with Gasteiger partial charge in [0, 0.05) is 29.4 Å². The van der Waals surface area contributed by atoms with Crippen LogP contribution in [0.2, 0.25) is 0 Å². The first kappa shape index (κ1) is 19.7. The molecule has 0 saturated carbocycles. The second-order valence-electron chi connectivity index (χ2n) is 6.16. The average Bonchev–Trinajstić information content (AvgIpc) is 3.04. The Morgan fingerprint density at radius 1 is 1.11 bits per heavy atom. The second-order valence-corrected chi connectivity index (χ2v) is 7.03. The van der Waals surface area contributed by atoms with Crippen molar-refractivity contribution in [1.82, 2.24) is 25.3 Å². The first-order chi connectivity index (χ1) is 13.5. The molecule has 0 radical (unpaired) electrons.